The van der Waals surface area contributed by atoms with Gasteiger partial charge in [0.2, 0.25) is 0 Å². The Hall–Kier alpha value is -2.71. The van der Waals surface area contributed by atoms with Crippen molar-refractivity contribution in [3.63, 3.8) is 0 Å². The van der Waals surface area contributed by atoms with E-state index in [0.717, 1.165) is 22.7 Å². The van der Waals surface area contributed by atoms with E-state index in [9.17, 15) is 14.0 Å². The number of hydrogen-bond donors (Lipinski definition) is 0. The van der Waals surface area contributed by atoms with E-state index in [1.54, 1.807) is 18.2 Å². The number of rotatable bonds is 6. The third-order valence-electron chi connectivity index (χ3n) is 4.24. The molecule has 0 unspecified atom stereocenters. The molecule has 1 aliphatic rings. The highest BCUT2D eigenvalue weighted by Gasteiger charge is 2.35. The van der Waals surface area contributed by atoms with E-state index >= 15 is 0 Å². The molecule has 0 aliphatic carbocycles. The van der Waals surface area contributed by atoms with Crippen molar-refractivity contribution in [2.75, 3.05) is 21.3 Å². The first-order chi connectivity index (χ1) is 13.9. The van der Waals surface area contributed by atoms with Crippen molar-refractivity contribution in [2.24, 2.45) is 0 Å². The van der Waals surface area contributed by atoms with Crippen LogP contribution in [0.5, 0.6) is 17.2 Å². The highest BCUT2D eigenvalue weighted by molar-refractivity contribution is 8.18. The van der Waals surface area contributed by atoms with Crippen LogP contribution in [0.15, 0.2) is 35.2 Å². The standard InChI is InChI=1S/C20H17ClFNO5S/c1-26-15-9-17(28-3)16(27-2)6-12(15)7-18-19(24)23(20(25)29-18)10-11-4-5-13(22)8-14(11)21/h4-9H,10H2,1-3H3/b18-7-. The van der Waals surface area contributed by atoms with Crippen LogP contribution in [0.2, 0.25) is 5.02 Å². The third kappa shape index (κ3) is 4.33. The molecule has 1 heterocycles. The van der Waals surface area contributed by atoms with E-state index in [1.807, 2.05) is 0 Å². The van der Waals surface area contributed by atoms with Gasteiger partial charge in [-0.1, -0.05) is 17.7 Å². The average molecular weight is 438 g/mol. The zero-order chi connectivity index (χ0) is 21.1. The topological polar surface area (TPSA) is 65.1 Å². The molecule has 29 heavy (non-hydrogen) atoms. The summed E-state index contributed by atoms with van der Waals surface area (Å²) in [4.78, 5) is 26.4. The molecule has 0 radical (unpaired) electrons. The Labute approximate surface area is 176 Å². The Morgan fingerprint density at radius 1 is 1.03 bits per heavy atom. The molecule has 2 amide bonds. The van der Waals surface area contributed by atoms with Crippen LogP contribution in [0.25, 0.3) is 6.08 Å². The van der Waals surface area contributed by atoms with Gasteiger partial charge in [-0.15, -0.1) is 0 Å². The normalized spacial score (nSPS) is 15.2. The highest BCUT2D eigenvalue weighted by Crippen LogP contribution is 2.39. The summed E-state index contributed by atoms with van der Waals surface area (Å²) in [7, 11) is 4.48. The molecule has 152 valence electrons. The smallest absolute Gasteiger partial charge is 0.293 e. The number of imide groups is 1. The summed E-state index contributed by atoms with van der Waals surface area (Å²) in [5, 5.41) is -0.296. The number of carbonyl (C=O) groups excluding carboxylic acids is 2. The molecule has 9 heteroatoms. The number of hydrogen-bond acceptors (Lipinski definition) is 6. The monoisotopic (exact) mass is 437 g/mol. The minimum Gasteiger partial charge on any atom is -0.496 e. The lowest BCUT2D eigenvalue weighted by molar-refractivity contribution is -0.123. The molecular formula is C20H17ClFNO5S. The number of ether oxygens (including phenoxy) is 3. The summed E-state index contributed by atoms with van der Waals surface area (Å²) in [6.07, 6.45) is 1.55. The Morgan fingerprint density at radius 2 is 1.69 bits per heavy atom. The van der Waals surface area contributed by atoms with Gasteiger partial charge in [-0.05, 0) is 41.6 Å². The van der Waals surface area contributed by atoms with Crippen molar-refractivity contribution >= 4 is 40.6 Å². The van der Waals surface area contributed by atoms with Crippen molar-refractivity contribution in [1.82, 2.24) is 4.90 Å². The summed E-state index contributed by atoms with van der Waals surface area (Å²) in [5.74, 6) is 0.416. The maximum absolute atomic E-state index is 13.2. The molecule has 1 fully saturated rings. The largest absolute Gasteiger partial charge is 0.496 e. The van der Waals surface area contributed by atoms with Crippen molar-refractivity contribution < 1.29 is 28.2 Å². The summed E-state index contributed by atoms with van der Waals surface area (Å²) in [6.45, 7) is -0.0514. The lowest BCUT2D eigenvalue weighted by Crippen LogP contribution is -2.27. The second-order valence-corrected chi connectivity index (χ2v) is 7.35. The van der Waals surface area contributed by atoms with E-state index in [4.69, 9.17) is 25.8 Å². The predicted molar refractivity (Wildman–Crippen MR) is 109 cm³/mol. The number of amides is 2. The number of thioether (sulfide) groups is 1. The molecule has 0 N–H and O–H groups in total. The van der Waals surface area contributed by atoms with Gasteiger partial charge in [0.15, 0.2) is 11.5 Å². The van der Waals surface area contributed by atoms with Gasteiger partial charge in [0.05, 0.1) is 32.8 Å². The lowest BCUT2D eigenvalue weighted by atomic mass is 10.1. The van der Waals surface area contributed by atoms with Crippen LogP contribution in [-0.2, 0) is 11.3 Å². The highest BCUT2D eigenvalue weighted by atomic mass is 35.5. The zero-order valence-electron chi connectivity index (χ0n) is 15.8. The van der Waals surface area contributed by atoms with Gasteiger partial charge < -0.3 is 14.2 Å². The Kier molecular flexibility index (Phi) is 6.34. The number of benzene rings is 2. The summed E-state index contributed by atoms with van der Waals surface area (Å²) >= 11 is 6.82. The Balaban J connectivity index is 1.92. The first-order valence-electron chi connectivity index (χ1n) is 8.37. The SMILES string of the molecule is COc1cc(OC)c(OC)cc1/C=C1\SC(=O)N(Cc2ccc(F)cc2Cl)C1=O. The van der Waals surface area contributed by atoms with Crippen LogP contribution in [0, 0.1) is 5.82 Å². The summed E-state index contributed by atoms with van der Waals surface area (Å²) in [5.41, 5.74) is 1.02. The second-order valence-electron chi connectivity index (χ2n) is 5.95. The molecular weight excluding hydrogens is 421 g/mol. The molecule has 0 aromatic heterocycles. The summed E-state index contributed by atoms with van der Waals surface area (Å²) < 4.78 is 29.1. The molecule has 1 saturated heterocycles. The molecule has 0 atom stereocenters. The molecule has 3 rings (SSSR count). The Morgan fingerprint density at radius 3 is 2.31 bits per heavy atom. The fraction of sp³-hybridized carbons (Fsp3) is 0.200. The van der Waals surface area contributed by atoms with Crippen molar-refractivity contribution in [2.45, 2.75) is 6.54 Å². The maximum Gasteiger partial charge on any atom is 0.293 e. The van der Waals surface area contributed by atoms with Gasteiger partial charge in [-0.25, -0.2) is 4.39 Å². The van der Waals surface area contributed by atoms with E-state index in [2.05, 4.69) is 0 Å². The van der Waals surface area contributed by atoms with Crippen LogP contribution < -0.4 is 14.2 Å². The van der Waals surface area contributed by atoms with Gasteiger partial charge in [-0.2, -0.15) is 0 Å². The van der Waals surface area contributed by atoms with Gasteiger partial charge in [0, 0.05) is 16.7 Å². The third-order valence-corrected chi connectivity index (χ3v) is 5.50. The van der Waals surface area contributed by atoms with Crippen LogP contribution in [0.1, 0.15) is 11.1 Å². The average Bonchev–Trinajstić information content (AvgIpc) is 2.96. The van der Waals surface area contributed by atoms with Crippen LogP contribution in [0.4, 0.5) is 9.18 Å². The predicted octanol–water partition coefficient (Wildman–Crippen LogP) is 4.74. The quantitative estimate of drug-likeness (QED) is 0.608. The van der Waals surface area contributed by atoms with E-state index in [-0.39, 0.29) is 16.5 Å². The van der Waals surface area contributed by atoms with Crippen molar-refractivity contribution in [1.29, 1.82) is 0 Å². The molecule has 2 aromatic carbocycles. The molecule has 0 bridgehead atoms. The molecule has 2 aromatic rings. The zero-order valence-corrected chi connectivity index (χ0v) is 17.4. The molecule has 0 saturated carbocycles. The maximum atomic E-state index is 13.2. The minimum absolute atomic E-state index is 0.0514. The Bertz CT molecular complexity index is 1010. The molecule has 1 aliphatic heterocycles. The fourth-order valence-corrected chi connectivity index (χ4v) is 3.82. The second kappa shape index (κ2) is 8.75. The molecule has 6 nitrogen and oxygen atoms in total. The summed E-state index contributed by atoms with van der Waals surface area (Å²) in [6, 6.07) is 7.10. The first-order valence-corrected chi connectivity index (χ1v) is 9.56. The number of methoxy groups -OCH3 is 3. The number of carbonyl (C=O) groups is 2. The van der Waals surface area contributed by atoms with Crippen LogP contribution in [0.3, 0.4) is 0 Å². The van der Waals surface area contributed by atoms with Gasteiger partial charge in [0.1, 0.15) is 11.6 Å². The van der Waals surface area contributed by atoms with Crippen molar-refractivity contribution in [3.8, 4) is 17.2 Å². The first kappa shape index (κ1) is 21.0. The van der Waals surface area contributed by atoms with E-state index < -0.39 is 17.0 Å². The van der Waals surface area contributed by atoms with Crippen LogP contribution in [-0.4, -0.2) is 37.4 Å². The molecule has 0 spiro atoms. The lowest BCUT2D eigenvalue weighted by Gasteiger charge is -2.14. The van der Waals surface area contributed by atoms with Gasteiger partial charge in [-0.3, -0.25) is 14.5 Å². The fourth-order valence-electron chi connectivity index (χ4n) is 2.76. The van der Waals surface area contributed by atoms with Gasteiger partial charge in [0.25, 0.3) is 11.1 Å². The van der Waals surface area contributed by atoms with E-state index in [1.165, 1.54) is 33.5 Å². The van der Waals surface area contributed by atoms with Crippen LogP contribution >= 0.6 is 23.4 Å². The van der Waals surface area contributed by atoms with E-state index in [0.29, 0.717) is 28.4 Å². The number of halogens is 2. The number of nitrogens with zero attached hydrogens (tertiary/aromatic N) is 1. The van der Waals surface area contributed by atoms with Gasteiger partial charge >= 0.3 is 0 Å². The minimum atomic E-state index is -0.492. The van der Waals surface area contributed by atoms with Crippen molar-refractivity contribution in [3.05, 3.63) is 57.2 Å².